The Hall–Kier alpha value is -0.130. The summed E-state index contributed by atoms with van der Waals surface area (Å²) in [5.74, 6) is 0. The summed E-state index contributed by atoms with van der Waals surface area (Å²) in [4.78, 5) is 0. The Morgan fingerprint density at radius 3 is 2.29 bits per heavy atom. The van der Waals surface area contributed by atoms with E-state index in [1.165, 1.54) is 0 Å². The Balaban J connectivity index is 2.98. The van der Waals surface area contributed by atoms with E-state index in [0.29, 0.717) is 0 Å². The van der Waals surface area contributed by atoms with E-state index in [1.54, 1.807) is 0 Å². The second-order valence-corrected chi connectivity index (χ2v) is 1.55. The van der Waals surface area contributed by atoms with Crippen molar-refractivity contribution in [1.29, 1.82) is 0 Å². The van der Waals surface area contributed by atoms with Gasteiger partial charge in [0, 0.05) is 6.54 Å². The number of hydrogen-bond acceptors (Lipinski definition) is 4. The average molecular weight is 125 g/mol. The van der Waals surface area contributed by atoms with Gasteiger partial charge in [-0.3, -0.25) is 4.18 Å². The van der Waals surface area contributed by atoms with Gasteiger partial charge in [0.15, 0.2) is 0 Å². The summed E-state index contributed by atoms with van der Waals surface area (Å²) < 4.78 is 23.1. The van der Waals surface area contributed by atoms with E-state index in [4.69, 9.17) is 5.73 Å². The molecule has 0 atom stereocenters. The van der Waals surface area contributed by atoms with E-state index in [9.17, 15) is 8.42 Å². The Bertz CT molecular complexity index is 91.1. The second kappa shape index (κ2) is 4.04. The Morgan fingerprint density at radius 2 is 2.14 bits per heavy atom. The van der Waals surface area contributed by atoms with Gasteiger partial charge >= 0.3 is 0 Å². The molecule has 0 aliphatic heterocycles. The third-order valence-corrected chi connectivity index (χ3v) is 0.708. The Kier molecular flexibility index (Phi) is 3.97. The number of thiol groups is 1. The van der Waals surface area contributed by atoms with E-state index in [-0.39, 0.29) is 13.2 Å². The lowest BCUT2D eigenvalue weighted by atomic mass is 10.8. The van der Waals surface area contributed by atoms with Crippen molar-refractivity contribution in [2.75, 3.05) is 13.2 Å². The lowest BCUT2D eigenvalue weighted by molar-refractivity contribution is 0.343. The van der Waals surface area contributed by atoms with Gasteiger partial charge in [-0.05, 0) is 0 Å². The Labute approximate surface area is 43.4 Å². The molecule has 0 rings (SSSR count). The maximum absolute atomic E-state index is 9.52. The maximum atomic E-state index is 9.52. The van der Waals surface area contributed by atoms with Crippen molar-refractivity contribution in [3.63, 3.8) is 0 Å². The summed E-state index contributed by atoms with van der Waals surface area (Å²) in [5.41, 5.74) is 4.88. The van der Waals surface area contributed by atoms with Gasteiger partial charge in [0.05, 0.1) is 6.61 Å². The topological polar surface area (TPSA) is 69.4 Å². The van der Waals surface area contributed by atoms with Gasteiger partial charge in [0.2, 0.25) is 0 Å². The summed E-state index contributed by atoms with van der Waals surface area (Å²) >= 11 is 0. The van der Waals surface area contributed by atoms with Gasteiger partial charge in [0.1, 0.15) is 0 Å². The van der Waals surface area contributed by atoms with Crippen LogP contribution in [0.15, 0.2) is 0 Å². The van der Waals surface area contributed by atoms with Crippen LogP contribution in [0.3, 0.4) is 0 Å². The zero-order chi connectivity index (χ0) is 5.70. The van der Waals surface area contributed by atoms with Crippen LogP contribution >= 0.6 is 0 Å². The number of hydrogen-bond donors (Lipinski definition) is 2. The van der Waals surface area contributed by atoms with Crippen LogP contribution in [0.4, 0.5) is 0 Å². The van der Waals surface area contributed by atoms with Crippen molar-refractivity contribution in [1.82, 2.24) is 0 Å². The van der Waals surface area contributed by atoms with Crippen LogP contribution in [0.25, 0.3) is 0 Å². The molecule has 7 heavy (non-hydrogen) atoms. The van der Waals surface area contributed by atoms with Crippen LogP contribution in [0.1, 0.15) is 0 Å². The fourth-order valence-corrected chi connectivity index (χ4v) is 0.382. The standard InChI is InChI=1S/C2H7NO3S/c3-1-2-6-7(4)5/h7H,1-3H2. The van der Waals surface area contributed by atoms with Crippen LogP contribution in [0, 0.1) is 0 Å². The fraction of sp³-hybridized carbons (Fsp3) is 1.00. The molecule has 0 amide bonds. The van der Waals surface area contributed by atoms with Gasteiger partial charge in [-0.15, -0.1) is 0 Å². The van der Waals surface area contributed by atoms with Crippen molar-refractivity contribution in [2.24, 2.45) is 5.73 Å². The quantitative estimate of drug-likeness (QED) is 0.450. The summed E-state index contributed by atoms with van der Waals surface area (Å²) in [5, 5.41) is 0. The average Bonchev–Trinajstić information content (AvgIpc) is 1.61. The molecule has 0 aromatic rings. The first-order chi connectivity index (χ1) is 3.27. The lowest BCUT2D eigenvalue weighted by Crippen LogP contribution is -2.06. The highest BCUT2D eigenvalue weighted by molar-refractivity contribution is 7.67. The summed E-state index contributed by atoms with van der Waals surface area (Å²) in [6, 6.07) is 0. The second-order valence-electron chi connectivity index (χ2n) is 0.846. The van der Waals surface area contributed by atoms with Crippen LogP contribution in [-0.4, -0.2) is 21.6 Å². The molecule has 0 aliphatic rings. The van der Waals surface area contributed by atoms with Crippen LogP contribution < -0.4 is 5.73 Å². The lowest BCUT2D eigenvalue weighted by Gasteiger charge is -1.85. The molecule has 0 aliphatic carbocycles. The summed E-state index contributed by atoms with van der Waals surface area (Å²) in [7, 11) is -2.69. The normalized spacial score (nSPS) is 10.0. The molecule has 0 fully saturated rings. The first-order valence-corrected chi connectivity index (χ1v) is 2.84. The highest BCUT2D eigenvalue weighted by atomic mass is 32.2. The van der Waals surface area contributed by atoms with E-state index >= 15 is 0 Å². The molecule has 0 bridgehead atoms. The maximum Gasteiger partial charge on any atom is 0.257 e. The largest absolute Gasteiger partial charge is 0.328 e. The molecule has 4 nitrogen and oxygen atoms in total. The number of nitrogens with two attached hydrogens (primary N) is 1. The van der Waals surface area contributed by atoms with Gasteiger partial charge in [-0.2, -0.15) is 0 Å². The van der Waals surface area contributed by atoms with Crippen molar-refractivity contribution in [2.45, 2.75) is 0 Å². The van der Waals surface area contributed by atoms with E-state index < -0.39 is 11.0 Å². The predicted molar refractivity (Wildman–Crippen MR) is 25.3 cm³/mol. The summed E-state index contributed by atoms with van der Waals surface area (Å²) in [6.07, 6.45) is 0. The van der Waals surface area contributed by atoms with E-state index in [2.05, 4.69) is 4.18 Å². The SMILES string of the molecule is NCCO[SH](=O)=O. The van der Waals surface area contributed by atoms with E-state index in [0.717, 1.165) is 0 Å². The molecule has 0 aromatic heterocycles. The number of rotatable bonds is 3. The molecule has 0 saturated heterocycles. The third-order valence-electron chi connectivity index (χ3n) is 0.315. The molecule has 0 aromatic carbocycles. The monoisotopic (exact) mass is 125 g/mol. The molecular formula is C2H7NO3S. The summed E-state index contributed by atoms with van der Waals surface area (Å²) in [6.45, 7) is 0.321. The highest BCUT2D eigenvalue weighted by Gasteiger charge is 1.79. The molecule has 5 heteroatoms. The van der Waals surface area contributed by atoms with Crippen LogP contribution in [-0.2, 0) is 15.2 Å². The molecule has 0 radical (unpaired) electrons. The van der Waals surface area contributed by atoms with Crippen LogP contribution in [0.5, 0.6) is 0 Å². The third kappa shape index (κ3) is 5.87. The molecule has 44 valence electrons. The van der Waals surface area contributed by atoms with Crippen molar-refractivity contribution >= 4 is 11.0 Å². The predicted octanol–water partition coefficient (Wildman–Crippen LogP) is -1.51. The van der Waals surface area contributed by atoms with Gasteiger partial charge < -0.3 is 5.73 Å². The van der Waals surface area contributed by atoms with Crippen LogP contribution in [0.2, 0.25) is 0 Å². The minimum atomic E-state index is -2.69. The van der Waals surface area contributed by atoms with Gasteiger partial charge in [0.25, 0.3) is 11.0 Å². The molecule has 2 N–H and O–H groups in total. The minimum Gasteiger partial charge on any atom is -0.328 e. The first-order valence-electron chi connectivity index (χ1n) is 1.74. The first kappa shape index (κ1) is 6.87. The van der Waals surface area contributed by atoms with Gasteiger partial charge in [-0.25, -0.2) is 8.42 Å². The zero-order valence-electron chi connectivity index (χ0n) is 3.66. The van der Waals surface area contributed by atoms with Crippen molar-refractivity contribution in [3.8, 4) is 0 Å². The fourth-order valence-electron chi connectivity index (χ4n) is 0.127. The molecule has 0 spiro atoms. The van der Waals surface area contributed by atoms with Gasteiger partial charge in [-0.1, -0.05) is 0 Å². The van der Waals surface area contributed by atoms with E-state index in [1.807, 2.05) is 0 Å². The molecule has 0 unspecified atom stereocenters. The Morgan fingerprint density at radius 1 is 1.57 bits per heavy atom. The smallest absolute Gasteiger partial charge is 0.257 e. The highest BCUT2D eigenvalue weighted by Crippen LogP contribution is 1.65. The van der Waals surface area contributed by atoms with Crippen molar-refractivity contribution in [3.05, 3.63) is 0 Å². The van der Waals surface area contributed by atoms with Crippen molar-refractivity contribution < 1.29 is 12.6 Å². The zero-order valence-corrected chi connectivity index (χ0v) is 4.56. The molecular weight excluding hydrogens is 118 g/mol. The molecule has 0 saturated carbocycles. The minimum absolute atomic E-state index is 0.0820. The molecule has 0 heterocycles.